The van der Waals surface area contributed by atoms with Crippen molar-refractivity contribution in [2.75, 3.05) is 33.7 Å². The highest BCUT2D eigenvalue weighted by Crippen LogP contribution is 2.31. The van der Waals surface area contributed by atoms with E-state index in [2.05, 4.69) is 28.1 Å². The first-order valence-electron chi connectivity index (χ1n) is 13.8. The molecule has 230 valence electrons. The van der Waals surface area contributed by atoms with E-state index in [0.29, 0.717) is 23.5 Å². The van der Waals surface area contributed by atoms with E-state index >= 15 is 0 Å². The van der Waals surface area contributed by atoms with E-state index in [1.807, 2.05) is 69.3 Å². The van der Waals surface area contributed by atoms with Gasteiger partial charge in [-0.15, -0.1) is 12.8 Å². The molecule has 0 fully saturated rings. The molecule has 1 aliphatic rings. The summed E-state index contributed by atoms with van der Waals surface area (Å²) in [6.45, 7) is 5.99. The van der Waals surface area contributed by atoms with Crippen molar-refractivity contribution in [3.05, 3.63) is 89.2 Å². The largest absolute Gasteiger partial charge is 0.501 e. The molecule has 0 saturated heterocycles. The van der Waals surface area contributed by atoms with Gasteiger partial charge in [0.1, 0.15) is 0 Å². The molecule has 3 aromatic rings. The van der Waals surface area contributed by atoms with Gasteiger partial charge in [0.15, 0.2) is 16.7 Å². The Balaban J connectivity index is 0.000000407. The monoisotopic (exact) mass is 607 g/mol. The number of allylic oxidation sites excluding steroid dienone is 6. The van der Waals surface area contributed by atoms with Gasteiger partial charge in [-0.2, -0.15) is 0 Å². The number of aromatic nitrogens is 1. The van der Waals surface area contributed by atoms with Crippen LogP contribution in [-0.4, -0.2) is 45.0 Å². The Labute approximate surface area is 259 Å². The lowest BCUT2D eigenvalue weighted by Gasteiger charge is -2.14. The number of methoxy groups -OCH3 is 3. The van der Waals surface area contributed by atoms with E-state index in [-0.39, 0.29) is 11.7 Å². The molecule has 0 saturated carbocycles. The summed E-state index contributed by atoms with van der Waals surface area (Å²) >= 11 is 1.30. The Bertz CT molecular complexity index is 1400. The summed E-state index contributed by atoms with van der Waals surface area (Å²) in [4.78, 5) is 20.5. The van der Waals surface area contributed by atoms with Crippen LogP contribution >= 0.6 is 11.3 Å². The summed E-state index contributed by atoms with van der Waals surface area (Å²) in [5.74, 6) is 1.48. The molecule has 7 nitrogen and oxygen atoms in total. The van der Waals surface area contributed by atoms with Crippen LogP contribution in [0.1, 0.15) is 45.6 Å². The molecular formula is C34H42FN3O4S. The lowest BCUT2D eigenvalue weighted by Crippen LogP contribution is -2.11. The standard InChI is InChI=1S/C17H15FN2O2S.C13H19NO2.C2H6.C2H2/c1-22-14-10-15-13(9-12(14)18)19-17(23-15)20-16(21)8-7-11-5-3-2-4-6-11;1-5-10-8-11(15-3)6-7-12(16-4)9-13(10)14-2;2*1-2/h2-6,9-10H,7-8H2,1H3,(H,19,20,21);5,8-9H,6-7H2,1-4H3;1-2H3;1-2H/b;10-5-,11-8+,12-9+,14-13?;;. The van der Waals surface area contributed by atoms with Crippen molar-refractivity contribution in [2.24, 2.45) is 4.99 Å². The van der Waals surface area contributed by atoms with Crippen LogP contribution in [-0.2, 0) is 20.7 Å². The van der Waals surface area contributed by atoms with Crippen molar-refractivity contribution in [1.82, 2.24) is 4.98 Å². The summed E-state index contributed by atoms with van der Waals surface area (Å²) < 4.78 is 30.0. The summed E-state index contributed by atoms with van der Waals surface area (Å²) in [5.41, 5.74) is 3.60. The van der Waals surface area contributed by atoms with Crippen LogP contribution in [0.25, 0.3) is 10.2 Å². The fourth-order valence-corrected chi connectivity index (χ4v) is 4.74. The topological polar surface area (TPSA) is 82.0 Å². The number of hydrogen-bond acceptors (Lipinski definition) is 7. The number of nitrogens with one attached hydrogen (secondary N) is 1. The minimum atomic E-state index is -0.466. The van der Waals surface area contributed by atoms with Crippen LogP contribution in [0.3, 0.4) is 0 Å². The van der Waals surface area contributed by atoms with Crippen molar-refractivity contribution in [3.63, 3.8) is 0 Å². The predicted molar refractivity (Wildman–Crippen MR) is 177 cm³/mol. The number of rotatable bonds is 7. The number of hydrogen-bond donors (Lipinski definition) is 1. The summed E-state index contributed by atoms with van der Waals surface area (Å²) in [7, 11) is 6.58. The van der Waals surface area contributed by atoms with Crippen LogP contribution in [0.5, 0.6) is 5.75 Å². The summed E-state index contributed by atoms with van der Waals surface area (Å²) in [6.07, 6.45) is 16.8. The number of benzene rings is 2. The van der Waals surface area contributed by atoms with E-state index in [0.717, 1.165) is 45.9 Å². The molecule has 0 atom stereocenters. The Morgan fingerprint density at radius 1 is 1.05 bits per heavy atom. The normalized spacial score (nSPS) is 16.6. The van der Waals surface area contributed by atoms with E-state index in [1.165, 1.54) is 24.5 Å². The number of fused-ring (bicyclic) bond motifs is 1. The number of aliphatic imine (C=N–C) groups is 1. The van der Waals surface area contributed by atoms with Crippen LogP contribution in [0, 0.1) is 18.7 Å². The van der Waals surface area contributed by atoms with Gasteiger partial charge in [-0.1, -0.05) is 61.6 Å². The van der Waals surface area contributed by atoms with Crippen molar-refractivity contribution in [3.8, 4) is 18.6 Å². The van der Waals surface area contributed by atoms with Crippen LogP contribution < -0.4 is 10.1 Å². The quantitative estimate of drug-likeness (QED) is 0.274. The maximum Gasteiger partial charge on any atom is 0.226 e. The lowest BCUT2D eigenvalue weighted by molar-refractivity contribution is -0.116. The molecule has 1 aromatic heterocycles. The third-order valence-electron chi connectivity index (χ3n) is 6.00. The fraction of sp³-hybridized carbons (Fsp3) is 0.324. The highest BCUT2D eigenvalue weighted by molar-refractivity contribution is 7.22. The SMILES string of the molecule is C#C.C/C=C1/C=C(/OC)CC/C(OC)=C\C1=NC.CC.COc1cc2sc(NC(=O)CCc3ccccc3)nc2cc1F. The first-order chi connectivity index (χ1) is 20.9. The number of ether oxygens (including phenoxy) is 3. The molecule has 4 rings (SSSR count). The van der Waals surface area contributed by atoms with Gasteiger partial charge in [-0.25, -0.2) is 9.37 Å². The lowest BCUT2D eigenvalue weighted by atomic mass is 10.0. The van der Waals surface area contributed by atoms with E-state index in [9.17, 15) is 9.18 Å². The van der Waals surface area contributed by atoms with E-state index in [4.69, 9.17) is 14.2 Å². The van der Waals surface area contributed by atoms with Crippen molar-refractivity contribution >= 4 is 38.3 Å². The van der Waals surface area contributed by atoms with Gasteiger partial charge < -0.3 is 19.5 Å². The summed E-state index contributed by atoms with van der Waals surface area (Å²) in [6, 6.07) is 12.7. The number of anilines is 1. The van der Waals surface area contributed by atoms with Gasteiger partial charge in [0, 0.05) is 44.5 Å². The second-order valence-corrected chi connectivity index (χ2v) is 9.52. The number of aryl methyl sites for hydroxylation is 1. The number of thiazole rings is 1. The predicted octanol–water partition coefficient (Wildman–Crippen LogP) is 8.15. The minimum absolute atomic E-state index is 0.111. The molecule has 0 radical (unpaired) electrons. The molecule has 0 aliphatic heterocycles. The zero-order valence-electron chi connectivity index (χ0n) is 26.1. The highest BCUT2D eigenvalue weighted by Gasteiger charge is 2.13. The third kappa shape index (κ3) is 11.8. The van der Waals surface area contributed by atoms with Crippen molar-refractivity contribution < 1.29 is 23.4 Å². The summed E-state index contributed by atoms with van der Waals surface area (Å²) in [5, 5.41) is 3.23. The molecule has 2 aromatic carbocycles. The van der Waals surface area contributed by atoms with Crippen LogP contribution in [0.4, 0.5) is 9.52 Å². The van der Waals surface area contributed by atoms with Gasteiger partial charge in [-0.3, -0.25) is 9.79 Å². The zero-order valence-corrected chi connectivity index (χ0v) is 26.9. The van der Waals surface area contributed by atoms with Gasteiger partial charge in [-0.05, 0) is 30.6 Å². The van der Waals surface area contributed by atoms with Crippen molar-refractivity contribution in [1.29, 1.82) is 0 Å². The van der Waals surface area contributed by atoms with Gasteiger partial charge in [0.05, 0.1) is 48.8 Å². The van der Waals surface area contributed by atoms with Crippen molar-refractivity contribution in [2.45, 2.75) is 46.5 Å². The van der Waals surface area contributed by atoms with Gasteiger partial charge >= 0.3 is 0 Å². The maximum absolute atomic E-state index is 13.7. The Hall–Kier alpha value is -4.42. The molecule has 1 aliphatic carbocycles. The first kappa shape index (κ1) is 36.6. The Morgan fingerprint density at radius 3 is 2.23 bits per heavy atom. The first-order valence-corrected chi connectivity index (χ1v) is 14.7. The molecule has 1 amide bonds. The number of halogens is 1. The third-order valence-corrected chi connectivity index (χ3v) is 6.93. The van der Waals surface area contributed by atoms with Gasteiger partial charge in [0.25, 0.3) is 0 Å². The minimum Gasteiger partial charge on any atom is -0.501 e. The van der Waals surface area contributed by atoms with Crippen LogP contribution in [0.2, 0.25) is 0 Å². The number of carbonyl (C=O) groups excluding carboxylic acids is 1. The molecule has 0 unspecified atom stereocenters. The van der Waals surface area contributed by atoms with E-state index < -0.39 is 5.82 Å². The number of carbonyl (C=O) groups is 1. The smallest absolute Gasteiger partial charge is 0.226 e. The molecule has 43 heavy (non-hydrogen) atoms. The molecule has 0 bridgehead atoms. The number of nitrogens with zero attached hydrogens (tertiary/aromatic N) is 2. The van der Waals surface area contributed by atoms with Gasteiger partial charge in [0.2, 0.25) is 5.91 Å². The maximum atomic E-state index is 13.7. The average Bonchev–Trinajstić information content (AvgIpc) is 3.43. The van der Waals surface area contributed by atoms with Crippen LogP contribution in [0.15, 0.2) is 82.8 Å². The Kier molecular flexibility index (Phi) is 17.4. The average molecular weight is 608 g/mol. The fourth-order valence-electron chi connectivity index (χ4n) is 3.84. The number of amides is 1. The molecular weight excluding hydrogens is 565 g/mol. The zero-order chi connectivity index (χ0) is 32.2. The molecule has 9 heteroatoms. The molecule has 0 spiro atoms. The highest BCUT2D eigenvalue weighted by atomic mass is 32.1. The molecule has 1 N–H and O–H groups in total. The number of terminal acetylenes is 1. The Morgan fingerprint density at radius 2 is 1.67 bits per heavy atom. The second kappa shape index (κ2) is 20.5. The van der Waals surface area contributed by atoms with E-state index in [1.54, 1.807) is 27.3 Å². The molecule has 1 heterocycles. The second-order valence-electron chi connectivity index (χ2n) is 8.49.